The maximum absolute atomic E-state index is 5.12. The third-order valence-electron chi connectivity index (χ3n) is 13.2. The van der Waals surface area contributed by atoms with E-state index < -0.39 is 0 Å². The first kappa shape index (κ1) is 40.9. The van der Waals surface area contributed by atoms with E-state index in [0.29, 0.717) is 5.92 Å². The molecule has 0 atom stereocenters. The lowest BCUT2D eigenvalue weighted by molar-refractivity contribution is 0.518. The summed E-state index contributed by atoms with van der Waals surface area (Å²) in [6.45, 7) is 12.2. The minimum Gasteiger partial charge on any atom is -0.347 e. The van der Waals surface area contributed by atoms with Gasteiger partial charge in [0.2, 0.25) is 0 Å². The molecule has 11 rings (SSSR count). The highest BCUT2D eigenvalue weighted by Gasteiger charge is 2.34. The number of para-hydroxylation sites is 4. The van der Waals surface area contributed by atoms with Gasteiger partial charge in [-0.2, -0.15) is 0 Å². The van der Waals surface area contributed by atoms with Crippen molar-refractivity contribution in [2.75, 3.05) is 21.4 Å². The van der Waals surface area contributed by atoms with E-state index in [9.17, 15) is 0 Å². The second-order valence-electron chi connectivity index (χ2n) is 18.6. The Hall–Kier alpha value is -7.89. The summed E-state index contributed by atoms with van der Waals surface area (Å²) >= 11 is 0. The minimum absolute atomic E-state index is 0.0617. The predicted octanol–water partition coefficient (Wildman–Crippen LogP) is 16.5. The predicted molar refractivity (Wildman–Crippen MR) is 279 cm³/mol. The SMILES string of the molecule is CC(C)c1ccccc1-c1ccnc(-n2c3ccccc3c3ccc(N(c4cccc(N5CN(C(C)(C)C)c6ccccc65)c4)c4c(-c5ccccc5)cccc4-c4ccccc4)cc32)c1. The Kier molecular flexibility index (Phi) is 10.3. The van der Waals surface area contributed by atoms with Crippen molar-refractivity contribution in [2.24, 2.45) is 0 Å². The number of nitrogens with zero attached hydrogens (tertiary/aromatic N) is 5. The number of rotatable bonds is 9. The maximum atomic E-state index is 5.12. The van der Waals surface area contributed by atoms with Crippen LogP contribution in [0, 0.1) is 0 Å². The third-order valence-corrected chi connectivity index (χ3v) is 13.2. The molecule has 0 radical (unpaired) electrons. The Morgan fingerprint density at radius 2 is 1.11 bits per heavy atom. The van der Waals surface area contributed by atoms with Gasteiger partial charge >= 0.3 is 0 Å². The number of benzene rings is 8. The lowest BCUT2D eigenvalue weighted by Crippen LogP contribution is -2.42. The first-order valence-corrected chi connectivity index (χ1v) is 23.1. The van der Waals surface area contributed by atoms with Crippen molar-refractivity contribution in [3.63, 3.8) is 0 Å². The molecular formula is C61H53N5. The summed E-state index contributed by atoms with van der Waals surface area (Å²) in [6, 6.07) is 75.1. The molecule has 1 aliphatic rings. The quantitative estimate of drug-likeness (QED) is 0.145. The molecule has 66 heavy (non-hydrogen) atoms. The van der Waals surface area contributed by atoms with Crippen LogP contribution in [0.2, 0.25) is 0 Å². The Morgan fingerprint density at radius 1 is 0.500 bits per heavy atom. The Morgan fingerprint density at radius 3 is 1.83 bits per heavy atom. The molecule has 5 nitrogen and oxygen atoms in total. The van der Waals surface area contributed by atoms with Gasteiger partial charge in [0.05, 0.1) is 34.8 Å². The molecule has 0 aliphatic carbocycles. The van der Waals surface area contributed by atoms with E-state index in [-0.39, 0.29) is 5.54 Å². The number of hydrogen-bond acceptors (Lipinski definition) is 4. The first-order chi connectivity index (χ1) is 32.2. The number of aromatic nitrogens is 2. The molecule has 0 saturated carbocycles. The molecule has 3 heterocycles. The van der Waals surface area contributed by atoms with E-state index >= 15 is 0 Å². The molecule has 0 N–H and O–H groups in total. The largest absolute Gasteiger partial charge is 0.347 e. The first-order valence-electron chi connectivity index (χ1n) is 23.1. The molecule has 0 unspecified atom stereocenters. The Balaban J connectivity index is 1.17. The van der Waals surface area contributed by atoms with E-state index in [4.69, 9.17) is 4.98 Å². The Bertz CT molecular complexity index is 3320. The smallest absolute Gasteiger partial charge is 0.138 e. The van der Waals surface area contributed by atoms with Crippen LogP contribution in [-0.4, -0.2) is 21.8 Å². The zero-order chi connectivity index (χ0) is 44.9. The highest BCUT2D eigenvalue weighted by atomic mass is 15.4. The van der Waals surface area contributed by atoms with E-state index in [2.05, 4.69) is 260 Å². The molecule has 0 amide bonds. The maximum Gasteiger partial charge on any atom is 0.138 e. The number of anilines is 6. The van der Waals surface area contributed by atoms with Gasteiger partial charge in [-0.15, -0.1) is 0 Å². The lowest BCUT2D eigenvalue weighted by Gasteiger charge is -2.34. The van der Waals surface area contributed by atoms with Crippen molar-refractivity contribution in [1.82, 2.24) is 9.55 Å². The second-order valence-corrected chi connectivity index (χ2v) is 18.6. The highest BCUT2D eigenvalue weighted by Crippen LogP contribution is 2.50. The van der Waals surface area contributed by atoms with Crippen LogP contribution in [0.25, 0.3) is 61.0 Å². The van der Waals surface area contributed by atoms with Crippen LogP contribution >= 0.6 is 0 Å². The van der Waals surface area contributed by atoms with Crippen LogP contribution in [0.5, 0.6) is 0 Å². The summed E-state index contributed by atoms with van der Waals surface area (Å²) in [5, 5.41) is 2.36. The summed E-state index contributed by atoms with van der Waals surface area (Å²) < 4.78 is 2.35. The minimum atomic E-state index is -0.0617. The highest BCUT2D eigenvalue weighted by molar-refractivity contribution is 6.11. The lowest BCUT2D eigenvalue weighted by atomic mass is 9.93. The van der Waals surface area contributed by atoms with Gasteiger partial charge in [-0.1, -0.05) is 159 Å². The summed E-state index contributed by atoms with van der Waals surface area (Å²) in [5.74, 6) is 1.27. The fourth-order valence-corrected chi connectivity index (χ4v) is 10.0. The van der Waals surface area contributed by atoms with Gasteiger partial charge in [0.25, 0.3) is 0 Å². The topological polar surface area (TPSA) is 27.5 Å². The summed E-state index contributed by atoms with van der Waals surface area (Å²) in [4.78, 5) is 12.6. The van der Waals surface area contributed by atoms with Gasteiger partial charge in [-0.25, -0.2) is 4.98 Å². The second kappa shape index (κ2) is 16.6. The van der Waals surface area contributed by atoms with Crippen molar-refractivity contribution in [3.05, 3.63) is 218 Å². The van der Waals surface area contributed by atoms with Crippen LogP contribution in [0.1, 0.15) is 46.1 Å². The van der Waals surface area contributed by atoms with Crippen molar-refractivity contribution in [2.45, 2.75) is 46.1 Å². The van der Waals surface area contributed by atoms with Gasteiger partial charge in [-0.3, -0.25) is 4.57 Å². The fourth-order valence-electron chi connectivity index (χ4n) is 10.0. The monoisotopic (exact) mass is 855 g/mol. The molecule has 0 saturated heterocycles. The van der Waals surface area contributed by atoms with E-state index in [1.165, 1.54) is 33.3 Å². The molecular weight excluding hydrogens is 803 g/mol. The van der Waals surface area contributed by atoms with E-state index in [0.717, 1.165) is 74.1 Å². The van der Waals surface area contributed by atoms with Gasteiger partial charge in [0, 0.05) is 50.7 Å². The summed E-state index contributed by atoms with van der Waals surface area (Å²) in [7, 11) is 0. The fraction of sp³-hybridized carbons (Fsp3) is 0.131. The molecule has 0 fully saturated rings. The van der Waals surface area contributed by atoms with Crippen molar-refractivity contribution in [1.29, 1.82) is 0 Å². The number of pyridine rings is 1. The van der Waals surface area contributed by atoms with Crippen LogP contribution in [-0.2, 0) is 0 Å². The molecule has 0 spiro atoms. The summed E-state index contributed by atoms with van der Waals surface area (Å²) in [6.07, 6.45) is 1.96. The average Bonchev–Trinajstić information content (AvgIpc) is 3.92. The molecule has 2 aromatic heterocycles. The van der Waals surface area contributed by atoms with Gasteiger partial charge in [0.15, 0.2) is 0 Å². The molecule has 5 heteroatoms. The van der Waals surface area contributed by atoms with Crippen LogP contribution in [0.15, 0.2) is 212 Å². The average molecular weight is 856 g/mol. The zero-order valence-electron chi connectivity index (χ0n) is 38.2. The normalized spacial score (nSPS) is 12.6. The van der Waals surface area contributed by atoms with E-state index in [1.807, 2.05) is 6.20 Å². The van der Waals surface area contributed by atoms with Crippen molar-refractivity contribution < 1.29 is 0 Å². The molecule has 10 aromatic rings. The van der Waals surface area contributed by atoms with Crippen molar-refractivity contribution in [3.8, 4) is 39.2 Å². The Labute approximate surface area is 388 Å². The standard InChI is InChI=1S/C61H53N5/c1-42(2)49-26-12-13-27-50(49)45-36-37-62-59(38-45)66-55-31-15-14-28-53(55)54-35-34-48(40-58(54)66)65(60-51(43-20-8-6-9-21-43)29-19-30-52(60)44-22-10-7-11-23-44)47-25-18-24-46(39-47)63-41-64(61(3,4)5)57-33-17-16-32-56(57)63/h6-40,42H,41H2,1-5H3. The zero-order valence-corrected chi connectivity index (χ0v) is 38.2. The van der Waals surface area contributed by atoms with Crippen LogP contribution in [0.3, 0.4) is 0 Å². The molecule has 0 bridgehead atoms. The van der Waals surface area contributed by atoms with Crippen molar-refractivity contribution >= 4 is 55.9 Å². The van der Waals surface area contributed by atoms with Gasteiger partial charge in [-0.05, 0) is 115 Å². The summed E-state index contributed by atoms with van der Waals surface area (Å²) in [5.41, 5.74) is 17.3. The number of fused-ring (bicyclic) bond motifs is 4. The third kappa shape index (κ3) is 7.18. The van der Waals surface area contributed by atoms with Gasteiger partial charge in [0.1, 0.15) is 5.82 Å². The molecule has 322 valence electrons. The molecule has 1 aliphatic heterocycles. The van der Waals surface area contributed by atoms with Crippen LogP contribution < -0.4 is 14.7 Å². The molecule has 8 aromatic carbocycles. The van der Waals surface area contributed by atoms with Crippen LogP contribution in [0.4, 0.5) is 34.1 Å². The van der Waals surface area contributed by atoms with E-state index in [1.54, 1.807) is 0 Å². The van der Waals surface area contributed by atoms with Gasteiger partial charge < -0.3 is 14.7 Å². The number of hydrogen-bond donors (Lipinski definition) is 0.